The van der Waals surface area contributed by atoms with E-state index in [4.69, 9.17) is 15.5 Å². The predicted molar refractivity (Wildman–Crippen MR) is 255 cm³/mol. The Morgan fingerprint density at radius 3 is 1.07 bits per heavy atom. The summed E-state index contributed by atoms with van der Waals surface area (Å²) >= 11 is 5.09. The van der Waals surface area contributed by atoms with Crippen molar-refractivity contribution in [2.45, 2.75) is 24.6 Å². The Morgan fingerprint density at radius 2 is 0.655 bits per heavy atom. The van der Waals surface area contributed by atoms with Gasteiger partial charge in [-0.05, 0) is 0 Å². The van der Waals surface area contributed by atoms with Crippen molar-refractivity contribution in [3.05, 3.63) is 216 Å². The van der Waals surface area contributed by atoms with Gasteiger partial charge in [-0.2, -0.15) is 0 Å². The zero-order valence-electron chi connectivity index (χ0n) is 32.1. The van der Waals surface area contributed by atoms with E-state index in [0.29, 0.717) is 0 Å². The van der Waals surface area contributed by atoms with E-state index in [2.05, 4.69) is 194 Å². The van der Waals surface area contributed by atoms with Crippen LogP contribution in [0.3, 0.4) is 0 Å². The number of rotatable bonds is 2. The number of fused-ring (bicyclic) bond motifs is 14. The molecule has 0 saturated carbocycles. The minimum atomic E-state index is -3.08. The summed E-state index contributed by atoms with van der Waals surface area (Å²) in [5.41, 5.74) is 16.8. The summed E-state index contributed by atoms with van der Waals surface area (Å²) in [5, 5.41) is 7.45. The Morgan fingerprint density at radius 1 is 0.310 bits per heavy atom. The van der Waals surface area contributed by atoms with Crippen LogP contribution < -0.4 is 0 Å². The molecular formula is C56H40BrP. The second kappa shape index (κ2) is 12.8. The van der Waals surface area contributed by atoms with Crippen LogP contribution in [0.2, 0.25) is 0 Å². The zero-order chi connectivity index (χ0) is 38.5. The fourth-order valence-electron chi connectivity index (χ4n) is 10.9. The van der Waals surface area contributed by atoms with Crippen molar-refractivity contribution in [2.75, 3.05) is 0 Å². The number of benzene rings is 10. The van der Waals surface area contributed by atoms with Gasteiger partial charge in [0.05, 0.1) is 0 Å². The van der Waals surface area contributed by atoms with Gasteiger partial charge in [0, 0.05) is 0 Å². The van der Waals surface area contributed by atoms with E-state index in [9.17, 15) is 0 Å². The Hall–Kier alpha value is -5.85. The van der Waals surface area contributed by atoms with Crippen molar-refractivity contribution in [2.24, 2.45) is 0 Å². The third-order valence-corrected chi connectivity index (χ3v) is 20.7. The predicted octanol–water partition coefficient (Wildman–Crippen LogP) is 16.6. The van der Waals surface area contributed by atoms with Gasteiger partial charge in [-0.3, -0.25) is 0 Å². The van der Waals surface area contributed by atoms with Crippen LogP contribution in [-0.2, 0) is 24.6 Å². The molecule has 12 rings (SSSR count). The summed E-state index contributed by atoms with van der Waals surface area (Å²) in [6.45, 7) is 0. The van der Waals surface area contributed by atoms with E-state index in [1.807, 2.05) is 0 Å². The van der Waals surface area contributed by atoms with E-state index in [1.54, 1.807) is 0 Å². The standard InChI is InChI=1S/C56H40BrP/c57-58(33-43-29-27-39-19-7-11-23-45(39)53(43)54-44(34-58)30-28-40-20-8-12-24-46(40)54)35-51-49(37-15-3-1-4-16-37)31-41-21-9-13-25-47(41)55(51)56-48-26-14-10-22-42(48)32-50(52(56)36-58)38-17-5-2-6-18-38/h1-32H,33-36H2. The van der Waals surface area contributed by atoms with Crippen molar-refractivity contribution in [3.63, 3.8) is 0 Å². The van der Waals surface area contributed by atoms with E-state index < -0.39 is 5.31 Å². The molecule has 2 aliphatic heterocycles. The van der Waals surface area contributed by atoms with E-state index in [1.165, 1.54) is 110 Å². The third kappa shape index (κ3) is 5.23. The first kappa shape index (κ1) is 34.2. The van der Waals surface area contributed by atoms with E-state index in [-0.39, 0.29) is 0 Å². The second-order valence-electron chi connectivity index (χ2n) is 16.8. The molecule has 0 radical (unpaired) electrons. The van der Waals surface area contributed by atoms with Crippen LogP contribution in [0, 0.1) is 0 Å². The number of halogens is 1. The monoisotopic (exact) mass is 822 g/mol. The summed E-state index contributed by atoms with van der Waals surface area (Å²) in [6, 6.07) is 73.5. The molecule has 10 aromatic carbocycles. The number of hydrogen-bond acceptors (Lipinski definition) is 0. The Balaban J connectivity index is 1.27. The van der Waals surface area contributed by atoms with Gasteiger partial charge in [0.15, 0.2) is 0 Å². The van der Waals surface area contributed by atoms with Gasteiger partial charge in [-0.1, -0.05) is 0 Å². The van der Waals surface area contributed by atoms with Crippen LogP contribution >= 0.6 is 20.8 Å². The summed E-state index contributed by atoms with van der Waals surface area (Å²) in [6.07, 6.45) is 3.95. The van der Waals surface area contributed by atoms with Gasteiger partial charge in [0.2, 0.25) is 0 Å². The number of hydrogen-bond donors (Lipinski definition) is 0. The van der Waals surface area contributed by atoms with Crippen LogP contribution in [0.4, 0.5) is 0 Å². The molecule has 0 bridgehead atoms. The molecule has 2 aliphatic rings. The SMILES string of the molecule is BrP12(Cc3ccc4ccccc4c3-c3c(ccc4ccccc34)C1)Cc1c(-c3ccccc3)cc3ccccc3c1-c1c(c(-c3ccccc3)cc3ccccc13)C2. The van der Waals surface area contributed by atoms with Crippen LogP contribution in [0.5, 0.6) is 0 Å². The molecular weight excluding hydrogens is 783 g/mol. The Kier molecular flexibility index (Phi) is 7.57. The van der Waals surface area contributed by atoms with Crippen LogP contribution in [0.1, 0.15) is 22.3 Å². The molecule has 1 spiro atoms. The summed E-state index contributed by atoms with van der Waals surface area (Å²) in [4.78, 5) is 0. The maximum absolute atomic E-state index is 5.09. The Bertz CT molecular complexity index is 3090. The van der Waals surface area contributed by atoms with Gasteiger partial charge in [-0.15, -0.1) is 0 Å². The Labute approximate surface area is 347 Å². The van der Waals surface area contributed by atoms with E-state index in [0.717, 1.165) is 24.6 Å². The molecule has 0 aromatic heterocycles. The van der Waals surface area contributed by atoms with Crippen molar-refractivity contribution in [3.8, 4) is 44.5 Å². The summed E-state index contributed by atoms with van der Waals surface area (Å²) < 4.78 is 0. The quantitative estimate of drug-likeness (QED) is 0.152. The van der Waals surface area contributed by atoms with Crippen LogP contribution in [0.15, 0.2) is 194 Å². The van der Waals surface area contributed by atoms with Gasteiger partial charge >= 0.3 is 349 Å². The molecule has 2 heteroatoms. The fourth-order valence-corrected chi connectivity index (χ4v) is 19.2. The minimum absolute atomic E-state index is 0.978. The first-order valence-electron chi connectivity index (χ1n) is 20.5. The first-order chi connectivity index (χ1) is 28.5. The normalized spacial score (nSPS) is 15.8. The molecule has 0 aliphatic carbocycles. The third-order valence-electron chi connectivity index (χ3n) is 13.3. The molecule has 0 atom stereocenters. The topological polar surface area (TPSA) is 0 Å². The molecule has 0 N–H and O–H groups in total. The fraction of sp³-hybridized carbons (Fsp3) is 0.0714. The van der Waals surface area contributed by atoms with Crippen LogP contribution in [-0.4, -0.2) is 0 Å². The molecule has 10 aromatic rings. The molecule has 0 fully saturated rings. The van der Waals surface area contributed by atoms with Crippen LogP contribution in [0.25, 0.3) is 87.6 Å². The van der Waals surface area contributed by atoms with Gasteiger partial charge < -0.3 is 0 Å². The molecule has 0 nitrogen and oxygen atoms in total. The first-order valence-corrected chi connectivity index (χ1v) is 25.5. The molecule has 0 amide bonds. The molecule has 2 heterocycles. The summed E-state index contributed by atoms with van der Waals surface area (Å²) in [5.74, 6) is 0. The van der Waals surface area contributed by atoms with Gasteiger partial charge in [-0.25, -0.2) is 0 Å². The molecule has 0 unspecified atom stereocenters. The maximum atomic E-state index is 5.09. The van der Waals surface area contributed by atoms with E-state index >= 15 is 0 Å². The van der Waals surface area contributed by atoms with Crippen molar-refractivity contribution in [1.82, 2.24) is 0 Å². The second-order valence-corrected chi connectivity index (χ2v) is 27.7. The molecule has 276 valence electrons. The average Bonchev–Trinajstić information content (AvgIpc) is 3.47. The van der Waals surface area contributed by atoms with Gasteiger partial charge in [0.1, 0.15) is 0 Å². The van der Waals surface area contributed by atoms with Crippen molar-refractivity contribution >= 4 is 63.9 Å². The molecule has 0 saturated heterocycles. The molecule has 58 heavy (non-hydrogen) atoms. The zero-order valence-corrected chi connectivity index (χ0v) is 34.6. The summed E-state index contributed by atoms with van der Waals surface area (Å²) in [7, 11) is 0. The van der Waals surface area contributed by atoms with Gasteiger partial charge in [0.25, 0.3) is 0 Å². The van der Waals surface area contributed by atoms with Crippen molar-refractivity contribution in [1.29, 1.82) is 0 Å². The van der Waals surface area contributed by atoms with Crippen molar-refractivity contribution < 1.29 is 0 Å². The average molecular weight is 824 g/mol.